The summed E-state index contributed by atoms with van der Waals surface area (Å²) in [6.07, 6.45) is 12.6. The molecule has 1 saturated carbocycles. The van der Waals surface area contributed by atoms with E-state index in [4.69, 9.17) is 0 Å². The molecule has 0 unspecified atom stereocenters. The van der Waals surface area contributed by atoms with Gasteiger partial charge in [-0.15, -0.1) is 0 Å². The number of carbonyl (C=O) groups is 1. The third-order valence-electron chi connectivity index (χ3n) is 6.63. The Morgan fingerprint density at radius 2 is 1.58 bits per heavy atom. The maximum atomic E-state index is 12.5. The summed E-state index contributed by atoms with van der Waals surface area (Å²) in [7, 11) is 0. The third-order valence-corrected chi connectivity index (χ3v) is 20.8. The summed E-state index contributed by atoms with van der Waals surface area (Å²) in [6.45, 7) is 15.4. The van der Waals surface area contributed by atoms with Crippen molar-refractivity contribution in [2.45, 2.75) is 99.3 Å². The van der Waals surface area contributed by atoms with Crippen molar-refractivity contribution in [3.05, 3.63) is 22.3 Å². The van der Waals surface area contributed by atoms with Gasteiger partial charge in [0.2, 0.25) is 0 Å². The standard InChI is InChI=1S/C12H17O.3C4H9.Sn/c1-5-10-6-11(8(2)3)7-12(13)9(10)4;3*1-3-4-2;/h1,5,9-11H,2,6-7H2,3-4H3;3*1,3-4H2,2H3;/t9-,10-,11-;;;;/m1..../s1. The zero-order chi connectivity index (χ0) is 19.6. The van der Waals surface area contributed by atoms with Crippen molar-refractivity contribution in [2.24, 2.45) is 17.8 Å². The SMILES string of the molecule is C=C(C)[C@H]1CC(=O)[C@H](C)[C@H](/C=[CH]\[Sn]([CH2]CCC)([CH2]CCC)[CH2]CCC)C1. The summed E-state index contributed by atoms with van der Waals surface area (Å²) < 4.78 is 7.31. The summed E-state index contributed by atoms with van der Waals surface area (Å²) in [5.41, 5.74) is 1.20. The molecule has 150 valence electrons. The van der Waals surface area contributed by atoms with Gasteiger partial charge in [0.15, 0.2) is 0 Å². The second kappa shape index (κ2) is 12.4. The molecule has 0 N–H and O–H groups in total. The monoisotopic (exact) mass is 468 g/mol. The van der Waals surface area contributed by atoms with Crippen molar-refractivity contribution in [1.29, 1.82) is 0 Å². The number of Topliss-reactive ketones (excluding diaryl/α,β-unsaturated/α-hetero) is 1. The van der Waals surface area contributed by atoms with Crippen LogP contribution in [0.15, 0.2) is 22.3 Å². The first kappa shape index (κ1) is 24.0. The predicted molar refractivity (Wildman–Crippen MR) is 119 cm³/mol. The van der Waals surface area contributed by atoms with Gasteiger partial charge in [-0.2, -0.15) is 0 Å². The van der Waals surface area contributed by atoms with Crippen LogP contribution in [0.3, 0.4) is 0 Å². The summed E-state index contributed by atoms with van der Waals surface area (Å²) in [5.74, 6) is 1.50. The van der Waals surface area contributed by atoms with Crippen LogP contribution in [-0.2, 0) is 4.79 Å². The zero-order valence-electron chi connectivity index (χ0n) is 18.3. The van der Waals surface area contributed by atoms with E-state index in [1.54, 1.807) is 0 Å². The summed E-state index contributed by atoms with van der Waals surface area (Å²) in [6, 6.07) is 0. The van der Waals surface area contributed by atoms with Gasteiger partial charge >= 0.3 is 168 Å². The third kappa shape index (κ3) is 7.52. The molecule has 0 amide bonds. The molecule has 0 bridgehead atoms. The molecule has 0 aliphatic heterocycles. The summed E-state index contributed by atoms with van der Waals surface area (Å²) >= 11 is -2.23. The molecule has 0 heterocycles. The van der Waals surface area contributed by atoms with Gasteiger partial charge in [-0.3, -0.25) is 0 Å². The van der Waals surface area contributed by atoms with Gasteiger partial charge in [-0.05, 0) is 0 Å². The minimum absolute atomic E-state index is 0.203. The molecule has 2 heteroatoms. The van der Waals surface area contributed by atoms with Crippen LogP contribution < -0.4 is 0 Å². The number of allylic oxidation sites excluding steroid dienone is 2. The van der Waals surface area contributed by atoms with Crippen molar-refractivity contribution in [3.63, 3.8) is 0 Å². The van der Waals surface area contributed by atoms with Crippen LogP contribution in [-0.4, -0.2) is 24.2 Å². The molecule has 0 aromatic carbocycles. The molecule has 0 spiro atoms. The van der Waals surface area contributed by atoms with Crippen LogP contribution >= 0.6 is 0 Å². The van der Waals surface area contributed by atoms with Crippen LogP contribution in [0, 0.1) is 17.8 Å². The topological polar surface area (TPSA) is 17.1 Å². The molecule has 0 radical (unpaired) electrons. The average molecular weight is 467 g/mol. The van der Waals surface area contributed by atoms with E-state index in [0.717, 1.165) is 12.8 Å². The molecule has 0 aromatic rings. The molecule has 1 rings (SSSR count). The molecule has 1 nitrogen and oxygen atoms in total. The molecular weight excluding hydrogens is 423 g/mol. The van der Waals surface area contributed by atoms with Crippen molar-refractivity contribution < 1.29 is 4.79 Å². The molecule has 3 atom stereocenters. The number of hydrogen-bond donors (Lipinski definition) is 0. The van der Waals surface area contributed by atoms with Crippen molar-refractivity contribution in [1.82, 2.24) is 0 Å². The zero-order valence-corrected chi connectivity index (χ0v) is 21.1. The fourth-order valence-electron chi connectivity index (χ4n) is 4.44. The van der Waals surface area contributed by atoms with Crippen LogP contribution in [0.1, 0.15) is 86.0 Å². The van der Waals surface area contributed by atoms with E-state index >= 15 is 0 Å². The molecule has 26 heavy (non-hydrogen) atoms. The van der Waals surface area contributed by atoms with Gasteiger partial charge in [0, 0.05) is 0 Å². The van der Waals surface area contributed by atoms with E-state index in [0.29, 0.717) is 17.6 Å². The number of ketones is 1. The van der Waals surface area contributed by atoms with Crippen molar-refractivity contribution in [3.8, 4) is 0 Å². The Bertz CT molecular complexity index is 443. The summed E-state index contributed by atoms with van der Waals surface area (Å²) in [4.78, 5) is 12.5. The van der Waals surface area contributed by atoms with E-state index in [9.17, 15) is 4.79 Å². The van der Waals surface area contributed by atoms with E-state index in [-0.39, 0.29) is 5.92 Å². The fraction of sp³-hybridized carbons (Fsp3) is 0.792. The van der Waals surface area contributed by atoms with Gasteiger partial charge < -0.3 is 0 Å². The average Bonchev–Trinajstić information content (AvgIpc) is 2.63. The van der Waals surface area contributed by atoms with Gasteiger partial charge in [0.05, 0.1) is 0 Å². The minimum atomic E-state index is -2.23. The fourth-order valence-corrected chi connectivity index (χ4v) is 18.9. The number of rotatable bonds is 12. The van der Waals surface area contributed by atoms with Crippen LogP contribution in [0.25, 0.3) is 0 Å². The predicted octanol–water partition coefficient (Wildman–Crippen LogP) is 7.74. The van der Waals surface area contributed by atoms with Gasteiger partial charge in [0.1, 0.15) is 0 Å². The molecule has 0 saturated heterocycles. The van der Waals surface area contributed by atoms with E-state index < -0.39 is 18.4 Å². The molecule has 1 aliphatic carbocycles. The normalized spacial score (nSPS) is 24.3. The van der Waals surface area contributed by atoms with E-state index in [1.165, 1.54) is 57.4 Å². The van der Waals surface area contributed by atoms with Gasteiger partial charge in [0.25, 0.3) is 0 Å². The Morgan fingerprint density at radius 1 is 1.08 bits per heavy atom. The second-order valence-corrected chi connectivity index (χ2v) is 21.9. The molecule has 0 aromatic heterocycles. The van der Waals surface area contributed by atoms with E-state index in [1.807, 2.05) is 0 Å². The van der Waals surface area contributed by atoms with Crippen LogP contribution in [0.5, 0.6) is 0 Å². The molecular formula is C24H44OSn. The molecule has 1 fully saturated rings. The quantitative estimate of drug-likeness (QED) is 0.212. The van der Waals surface area contributed by atoms with E-state index in [2.05, 4.69) is 51.4 Å². The first-order valence-corrected chi connectivity index (χ1v) is 19.0. The number of hydrogen-bond acceptors (Lipinski definition) is 1. The van der Waals surface area contributed by atoms with Crippen molar-refractivity contribution in [2.75, 3.05) is 0 Å². The Balaban J connectivity index is 2.99. The first-order valence-electron chi connectivity index (χ1n) is 11.3. The van der Waals surface area contributed by atoms with Gasteiger partial charge in [-0.25, -0.2) is 0 Å². The van der Waals surface area contributed by atoms with Crippen LogP contribution in [0.4, 0.5) is 0 Å². The number of carbonyl (C=O) groups excluding carboxylic acids is 1. The first-order chi connectivity index (χ1) is 12.4. The second-order valence-electron chi connectivity index (χ2n) is 8.93. The molecule has 1 aliphatic rings. The Hall–Kier alpha value is -0.0513. The Morgan fingerprint density at radius 3 is 2.00 bits per heavy atom. The number of unbranched alkanes of at least 4 members (excludes halogenated alkanes) is 3. The Kier molecular flexibility index (Phi) is 11.5. The maximum absolute atomic E-state index is 12.5. The van der Waals surface area contributed by atoms with Crippen LogP contribution in [0.2, 0.25) is 13.3 Å². The van der Waals surface area contributed by atoms with Crippen molar-refractivity contribution >= 4 is 24.2 Å². The van der Waals surface area contributed by atoms with Gasteiger partial charge in [-0.1, -0.05) is 0 Å². The Labute approximate surface area is 168 Å². The summed E-state index contributed by atoms with van der Waals surface area (Å²) in [5, 5.41) is 0.